The third-order valence-electron chi connectivity index (χ3n) is 4.17. The van der Waals surface area contributed by atoms with Crippen LogP contribution in [0.3, 0.4) is 0 Å². The molecule has 0 saturated heterocycles. The molecule has 3 aromatic heterocycles. The van der Waals surface area contributed by atoms with E-state index >= 15 is 0 Å². The quantitative estimate of drug-likeness (QED) is 0.541. The largest absolute Gasteiger partial charge is 0.419 e. The molecule has 3 heterocycles. The first-order valence-corrected chi connectivity index (χ1v) is 7.75. The molecular formula is C16H15N7O3. The van der Waals surface area contributed by atoms with E-state index in [2.05, 4.69) is 20.4 Å². The first-order chi connectivity index (χ1) is 12.5. The molecule has 0 saturated carbocycles. The Labute approximate surface area is 146 Å². The second-order valence-electron chi connectivity index (χ2n) is 5.84. The highest BCUT2D eigenvalue weighted by Gasteiger charge is 2.18. The molecular weight excluding hydrogens is 338 g/mol. The van der Waals surface area contributed by atoms with Gasteiger partial charge in [0, 0.05) is 20.6 Å². The minimum Gasteiger partial charge on any atom is -0.408 e. The number of nitrogen functional groups attached to an aromatic ring is 1. The van der Waals surface area contributed by atoms with Crippen LogP contribution in [0, 0.1) is 0 Å². The van der Waals surface area contributed by atoms with Crippen molar-refractivity contribution in [3.05, 3.63) is 46.3 Å². The summed E-state index contributed by atoms with van der Waals surface area (Å²) in [5.41, 5.74) is 8.85. The van der Waals surface area contributed by atoms with Gasteiger partial charge < -0.3 is 15.5 Å². The van der Waals surface area contributed by atoms with Crippen LogP contribution in [0.1, 0.15) is 16.1 Å². The number of nitrogens with one attached hydrogen (secondary N) is 1. The van der Waals surface area contributed by atoms with Crippen molar-refractivity contribution < 1.29 is 9.21 Å². The van der Waals surface area contributed by atoms with Crippen LogP contribution in [-0.2, 0) is 20.6 Å². The van der Waals surface area contributed by atoms with Crippen LogP contribution in [0.5, 0.6) is 0 Å². The molecule has 10 heteroatoms. The molecule has 1 aromatic carbocycles. The molecule has 3 N–H and O–H groups in total. The van der Waals surface area contributed by atoms with Crippen molar-refractivity contribution >= 4 is 33.9 Å². The van der Waals surface area contributed by atoms with Crippen molar-refractivity contribution in [2.45, 2.75) is 6.54 Å². The number of benzene rings is 1. The van der Waals surface area contributed by atoms with E-state index < -0.39 is 5.76 Å². The van der Waals surface area contributed by atoms with Gasteiger partial charge in [-0.2, -0.15) is 5.10 Å². The molecule has 4 rings (SSSR count). The lowest BCUT2D eigenvalue weighted by Crippen LogP contribution is -2.24. The number of hydrogen-bond donors (Lipinski definition) is 2. The Morgan fingerprint density at radius 3 is 2.92 bits per heavy atom. The van der Waals surface area contributed by atoms with Crippen molar-refractivity contribution in [1.29, 1.82) is 0 Å². The highest BCUT2D eigenvalue weighted by Crippen LogP contribution is 2.19. The number of anilines is 1. The number of nitrogens with two attached hydrogens (primary N) is 1. The Hall–Kier alpha value is -3.69. The van der Waals surface area contributed by atoms with Crippen molar-refractivity contribution in [2.75, 3.05) is 5.73 Å². The fourth-order valence-electron chi connectivity index (χ4n) is 2.85. The number of amides is 1. The van der Waals surface area contributed by atoms with Gasteiger partial charge in [0.15, 0.2) is 17.1 Å². The molecule has 0 spiro atoms. The Bertz CT molecular complexity index is 1220. The zero-order valence-corrected chi connectivity index (χ0v) is 14.1. The van der Waals surface area contributed by atoms with Gasteiger partial charge in [-0.25, -0.2) is 14.8 Å². The third kappa shape index (κ3) is 2.39. The second kappa shape index (κ2) is 5.69. The molecule has 0 aliphatic heterocycles. The minimum absolute atomic E-state index is 0.193. The molecule has 132 valence electrons. The molecule has 0 radical (unpaired) electrons. The Morgan fingerprint density at radius 1 is 1.31 bits per heavy atom. The van der Waals surface area contributed by atoms with Crippen molar-refractivity contribution in [2.24, 2.45) is 14.1 Å². The normalized spacial score (nSPS) is 11.3. The predicted molar refractivity (Wildman–Crippen MR) is 93.3 cm³/mol. The summed E-state index contributed by atoms with van der Waals surface area (Å²) in [5.74, 6) is -0.565. The van der Waals surface area contributed by atoms with E-state index in [4.69, 9.17) is 10.2 Å². The summed E-state index contributed by atoms with van der Waals surface area (Å²) in [4.78, 5) is 32.3. The van der Waals surface area contributed by atoms with Crippen LogP contribution in [0.25, 0.3) is 22.1 Å². The number of aromatic nitrogens is 5. The lowest BCUT2D eigenvalue weighted by Gasteiger charge is -2.06. The summed E-state index contributed by atoms with van der Waals surface area (Å²) in [6, 6.07) is 5.27. The lowest BCUT2D eigenvalue weighted by molar-refractivity contribution is 0.0947. The molecule has 0 bridgehead atoms. The summed E-state index contributed by atoms with van der Waals surface area (Å²) in [6.07, 6.45) is 1.28. The first kappa shape index (κ1) is 15.8. The standard InChI is InChI=1S/C16H15N7O3/c1-22-9-5-8(3-4-10(9)26-16(22)25)6-18-15(24)12-13-11(19-7-20-12)14(17)21-23(13)2/h3-5,7H,6H2,1-2H3,(H2,17,21)(H,18,24). The number of carbonyl (C=O) groups excluding carboxylic acids is 1. The maximum Gasteiger partial charge on any atom is 0.419 e. The molecule has 0 aliphatic carbocycles. The summed E-state index contributed by atoms with van der Waals surface area (Å²) < 4.78 is 7.98. The average molecular weight is 353 g/mol. The smallest absolute Gasteiger partial charge is 0.408 e. The SMILES string of the molecule is Cn1nc(N)c2ncnc(C(=O)NCc3ccc4oc(=O)n(C)c4c3)c21. The van der Waals surface area contributed by atoms with Crippen molar-refractivity contribution in [1.82, 2.24) is 29.6 Å². The number of carbonyl (C=O) groups is 1. The van der Waals surface area contributed by atoms with Gasteiger partial charge in [-0.15, -0.1) is 0 Å². The van der Waals surface area contributed by atoms with Gasteiger partial charge >= 0.3 is 5.76 Å². The summed E-state index contributed by atoms with van der Waals surface area (Å²) in [5, 5.41) is 6.87. The Morgan fingerprint density at radius 2 is 2.12 bits per heavy atom. The van der Waals surface area contributed by atoms with Crippen molar-refractivity contribution in [3.63, 3.8) is 0 Å². The number of aryl methyl sites for hydroxylation is 2. The van der Waals surface area contributed by atoms with E-state index in [9.17, 15) is 9.59 Å². The van der Waals surface area contributed by atoms with Crippen LogP contribution >= 0.6 is 0 Å². The van der Waals surface area contributed by atoms with Crippen LogP contribution in [0.2, 0.25) is 0 Å². The molecule has 10 nitrogen and oxygen atoms in total. The highest BCUT2D eigenvalue weighted by molar-refractivity contribution is 6.04. The molecule has 0 fully saturated rings. The first-order valence-electron chi connectivity index (χ1n) is 7.75. The van der Waals surface area contributed by atoms with Gasteiger partial charge in [0.25, 0.3) is 5.91 Å². The Kier molecular flexibility index (Phi) is 3.46. The van der Waals surface area contributed by atoms with Gasteiger partial charge in [0.05, 0.1) is 5.52 Å². The lowest BCUT2D eigenvalue weighted by atomic mass is 10.2. The van der Waals surface area contributed by atoms with Gasteiger partial charge in [-0.3, -0.25) is 14.0 Å². The predicted octanol–water partition coefficient (Wildman–Crippen LogP) is 0.320. The molecule has 1 amide bonds. The average Bonchev–Trinajstić information content (AvgIpc) is 3.09. The van der Waals surface area contributed by atoms with Crippen LogP contribution in [-0.4, -0.2) is 30.2 Å². The topological polar surface area (TPSA) is 134 Å². The van der Waals surface area contributed by atoms with Gasteiger partial charge in [0.1, 0.15) is 17.4 Å². The number of hydrogen-bond acceptors (Lipinski definition) is 7. The summed E-state index contributed by atoms with van der Waals surface area (Å²) in [7, 11) is 3.30. The van der Waals surface area contributed by atoms with Gasteiger partial charge in [-0.05, 0) is 17.7 Å². The van der Waals surface area contributed by atoms with Gasteiger partial charge in [-0.1, -0.05) is 6.07 Å². The number of rotatable bonds is 3. The van der Waals surface area contributed by atoms with Gasteiger partial charge in [0.2, 0.25) is 0 Å². The fourth-order valence-corrected chi connectivity index (χ4v) is 2.85. The molecule has 0 unspecified atom stereocenters. The zero-order chi connectivity index (χ0) is 18.4. The van der Waals surface area contributed by atoms with Crippen LogP contribution in [0.15, 0.2) is 33.7 Å². The number of oxazole rings is 1. The monoisotopic (exact) mass is 353 g/mol. The van der Waals surface area contributed by atoms with E-state index in [1.165, 1.54) is 15.6 Å². The van der Waals surface area contributed by atoms with Crippen LogP contribution in [0.4, 0.5) is 5.82 Å². The maximum atomic E-state index is 12.6. The summed E-state index contributed by atoms with van der Waals surface area (Å²) in [6.45, 7) is 0.257. The minimum atomic E-state index is -0.432. The van der Waals surface area contributed by atoms with E-state index in [-0.39, 0.29) is 24.0 Å². The van der Waals surface area contributed by atoms with E-state index in [1.807, 2.05) is 0 Å². The van der Waals surface area contributed by atoms with E-state index in [0.717, 1.165) is 5.56 Å². The van der Waals surface area contributed by atoms with E-state index in [0.29, 0.717) is 22.1 Å². The highest BCUT2D eigenvalue weighted by atomic mass is 16.4. The maximum absolute atomic E-state index is 12.6. The van der Waals surface area contributed by atoms with Crippen molar-refractivity contribution in [3.8, 4) is 0 Å². The molecule has 0 aliphatic rings. The Balaban J connectivity index is 1.62. The second-order valence-corrected chi connectivity index (χ2v) is 5.84. The third-order valence-corrected chi connectivity index (χ3v) is 4.17. The number of fused-ring (bicyclic) bond motifs is 2. The molecule has 26 heavy (non-hydrogen) atoms. The fraction of sp³-hybridized carbons (Fsp3) is 0.188. The van der Waals surface area contributed by atoms with Crippen LogP contribution < -0.4 is 16.8 Å². The number of nitrogens with zero attached hydrogens (tertiary/aromatic N) is 5. The van der Waals surface area contributed by atoms with E-state index in [1.54, 1.807) is 32.3 Å². The molecule has 0 atom stereocenters. The zero-order valence-electron chi connectivity index (χ0n) is 14.1. The summed E-state index contributed by atoms with van der Waals surface area (Å²) >= 11 is 0. The molecule has 4 aromatic rings.